The summed E-state index contributed by atoms with van der Waals surface area (Å²) in [4.78, 5) is 11.4. The first-order chi connectivity index (χ1) is 10.2. The molecule has 0 saturated carbocycles. The van der Waals surface area contributed by atoms with Crippen molar-refractivity contribution in [2.24, 2.45) is 5.73 Å². The number of carbonyl (C=O) groups excluding carboxylic acids is 1. The van der Waals surface area contributed by atoms with Crippen LogP contribution in [0.1, 0.15) is 70.3 Å². The lowest BCUT2D eigenvalue weighted by Gasteiger charge is -2.14. The average Bonchev–Trinajstić information content (AvgIpc) is 2.50. The summed E-state index contributed by atoms with van der Waals surface area (Å²) in [5, 5.41) is 0. The molecular weight excluding hydrogens is 258 g/mol. The number of hydrogen-bond donors (Lipinski definition) is 1. The Morgan fingerprint density at radius 3 is 2.48 bits per heavy atom. The first-order valence-corrected chi connectivity index (χ1v) is 8.22. The highest BCUT2D eigenvalue weighted by atomic mass is 16.1. The van der Waals surface area contributed by atoms with E-state index < -0.39 is 0 Å². The molecule has 0 bridgehead atoms. The molecule has 0 fully saturated rings. The van der Waals surface area contributed by atoms with E-state index in [0.717, 1.165) is 50.5 Å². The van der Waals surface area contributed by atoms with E-state index in [2.05, 4.69) is 50.3 Å². The van der Waals surface area contributed by atoms with Crippen LogP contribution in [0.25, 0.3) is 0 Å². The molecule has 1 amide bonds. The molecule has 1 aromatic carbocycles. The van der Waals surface area contributed by atoms with E-state index in [4.69, 9.17) is 5.73 Å². The molecule has 1 aromatic rings. The Morgan fingerprint density at radius 2 is 1.90 bits per heavy atom. The monoisotopic (exact) mass is 287 g/mol. The molecule has 116 valence electrons. The van der Waals surface area contributed by atoms with Gasteiger partial charge in [0.25, 0.3) is 0 Å². The van der Waals surface area contributed by atoms with Gasteiger partial charge in [0.1, 0.15) is 0 Å². The summed E-state index contributed by atoms with van der Waals surface area (Å²) >= 11 is 0. The summed E-state index contributed by atoms with van der Waals surface area (Å²) < 4.78 is 0. The quantitative estimate of drug-likeness (QED) is 0.480. The predicted octanol–water partition coefficient (Wildman–Crippen LogP) is 4.95. The zero-order valence-corrected chi connectivity index (χ0v) is 13.5. The lowest BCUT2D eigenvalue weighted by molar-refractivity contribution is -0.114. The van der Waals surface area contributed by atoms with Crippen molar-refractivity contribution in [1.82, 2.24) is 0 Å². The molecule has 0 aromatic heterocycles. The van der Waals surface area contributed by atoms with Gasteiger partial charge in [-0.15, -0.1) is 0 Å². The number of hydrogen-bond acceptors (Lipinski definition) is 1. The van der Waals surface area contributed by atoms with Crippen molar-refractivity contribution < 1.29 is 4.79 Å². The average molecular weight is 287 g/mol. The van der Waals surface area contributed by atoms with Crippen LogP contribution in [-0.2, 0) is 4.79 Å². The largest absolute Gasteiger partial charge is 0.366 e. The molecule has 2 N–H and O–H groups in total. The second-order valence-corrected chi connectivity index (χ2v) is 5.64. The third-order valence-electron chi connectivity index (χ3n) is 4.03. The van der Waals surface area contributed by atoms with Crippen molar-refractivity contribution in [2.75, 3.05) is 0 Å². The zero-order chi connectivity index (χ0) is 15.5. The first kappa shape index (κ1) is 17.5. The molecule has 0 aliphatic rings. The summed E-state index contributed by atoms with van der Waals surface area (Å²) in [5.41, 5.74) is 7.66. The van der Waals surface area contributed by atoms with E-state index in [0.29, 0.717) is 5.92 Å². The Hall–Kier alpha value is -1.57. The van der Waals surface area contributed by atoms with Gasteiger partial charge in [-0.1, -0.05) is 56.7 Å². The molecule has 0 heterocycles. The normalized spacial score (nSPS) is 13.1. The van der Waals surface area contributed by atoms with Crippen LogP contribution >= 0.6 is 0 Å². The van der Waals surface area contributed by atoms with Crippen molar-refractivity contribution in [2.45, 2.75) is 64.7 Å². The van der Waals surface area contributed by atoms with E-state index in [1.165, 1.54) is 5.56 Å². The Labute approximate surface area is 129 Å². The van der Waals surface area contributed by atoms with Gasteiger partial charge in [0.05, 0.1) is 0 Å². The summed E-state index contributed by atoms with van der Waals surface area (Å²) in [7, 11) is 0. The van der Waals surface area contributed by atoms with Gasteiger partial charge < -0.3 is 5.73 Å². The first-order valence-electron chi connectivity index (χ1n) is 8.22. The number of benzene rings is 1. The zero-order valence-electron chi connectivity index (χ0n) is 13.5. The van der Waals surface area contributed by atoms with Crippen molar-refractivity contribution >= 4 is 5.91 Å². The minimum atomic E-state index is -0.251. The fourth-order valence-corrected chi connectivity index (χ4v) is 2.67. The SMILES string of the molecule is CCCCC(=CCCCC(CC)c1ccccc1)C(N)=O. The molecule has 1 rings (SSSR count). The molecule has 0 aliphatic carbocycles. The number of allylic oxidation sites excluding steroid dienone is 1. The number of carbonyl (C=O) groups is 1. The van der Waals surface area contributed by atoms with Crippen LogP contribution in [0.4, 0.5) is 0 Å². The minimum absolute atomic E-state index is 0.251. The molecule has 1 unspecified atom stereocenters. The molecule has 1 atom stereocenters. The van der Waals surface area contributed by atoms with Gasteiger partial charge >= 0.3 is 0 Å². The van der Waals surface area contributed by atoms with Crippen LogP contribution < -0.4 is 5.73 Å². The van der Waals surface area contributed by atoms with Gasteiger partial charge in [-0.25, -0.2) is 0 Å². The molecular formula is C19H29NO. The summed E-state index contributed by atoms with van der Waals surface area (Å²) in [5.74, 6) is 0.367. The van der Waals surface area contributed by atoms with Crippen molar-refractivity contribution in [3.63, 3.8) is 0 Å². The predicted molar refractivity (Wildman–Crippen MR) is 90.1 cm³/mol. The fourth-order valence-electron chi connectivity index (χ4n) is 2.67. The number of amides is 1. The summed E-state index contributed by atoms with van der Waals surface area (Å²) in [6.07, 6.45) is 9.38. The van der Waals surface area contributed by atoms with E-state index >= 15 is 0 Å². The van der Waals surface area contributed by atoms with Gasteiger partial charge in [-0.05, 0) is 50.0 Å². The molecule has 0 aliphatic heterocycles. The maximum atomic E-state index is 11.4. The van der Waals surface area contributed by atoms with Crippen LogP contribution in [-0.4, -0.2) is 5.91 Å². The fraction of sp³-hybridized carbons (Fsp3) is 0.526. The van der Waals surface area contributed by atoms with E-state index in [1.807, 2.05) is 0 Å². The third kappa shape index (κ3) is 6.61. The van der Waals surface area contributed by atoms with Crippen LogP contribution in [0, 0.1) is 0 Å². The van der Waals surface area contributed by atoms with Gasteiger partial charge in [-0.3, -0.25) is 4.79 Å². The van der Waals surface area contributed by atoms with Crippen LogP contribution in [0.3, 0.4) is 0 Å². The second kappa shape index (κ2) is 10.2. The number of primary amides is 1. The highest BCUT2D eigenvalue weighted by Crippen LogP contribution is 2.25. The maximum absolute atomic E-state index is 11.4. The number of nitrogens with two attached hydrogens (primary N) is 1. The van der Waals surface area contributed by atoms with Crippen LogP contribution in [0.2, 0.25) is 0 Å². The van der Waals surface area contributed by atoms with E-state index in [9.17, 15) is 4.79 Å². The Balaban J connectivity index is 2.45. The number of unbranched alkanes of at least 4 members (excludes halogenated alkanes) is 2. The number of rotatable bonds is 10. The van der Waals surface area contributed by atoms with E-state index in [1.54, 1.807) is 0 Å². The topological polar surface area (TPSA) is 43.1 Å². The standard InChI is InChI=1S/C19H29NO/c1-3-5-11-18(19(20)21)15-10-9-12-16(4-2)17-13-7-6-8-14-17/h6-8,13-16H,3-5,9-12H2,1-2H3,(H2,20,21). The van der Waals surface area contributed by atoms with Crippen molar-refractivity contribution in [1.29, 1.82) is 0 Å². The Kier molecular flexibility index (Phi) is 8.49. The highest BCUT2D eigenvalue weighted by molar-refractivity contribution is 5.91. The molecule has 2 heteroatoms. The molecule has 0 spiro atoms. The van der Waals surface area contributed by atoms with E-state index in [-0.39, 0.29) is 5.91 Å². The Morgan fingerprint density at radius 1 is 1.19 bits per heavy atom. The second-order valence-electron chi connectivity index (χ2n) is 5.64. The van der Waals surface area contributed by atoms with Crippen LogP contribution in [0.5, 0.6) is 0 Å². The summed E-state index contributed by atoms with van der Waals surface area (Å²) in [6.45, 7) is 4.37. The smallest absolute Gasteiger partial charge is 0.244 e. The lowest BCUT2D eigenvalue weighted by atomic mass is 9.91. The van der Waals surface area contributed by atoms with Gasteiger partial charge in [0, 0.05) is 5.57 Å². The Bertz CT molecular complexity index is 436. The molecule has 0 radical (unpaired) electrons. The molecule has 21 heavy (non-hydrogen) atoms. The molecule has 2 nitrogen and oxygen atoms in total. The summed E-state index contributed by atoms with van der Waals surface area (Å²) in [6, 6.07) is 10.7. The third-order valence-corrected chi connectivity index (χ3v) is 4.03. The van der Waals surface area contributed by atoms with Gasteiger partial charge in [-0.2, -0.15) is 0 Å². The van der Waals surface area contributed by atoms with Crippen molar-refractivity contribution in [3.05, 3.63) is 47.5 Å². The van der Waals surface area contributed by atoms with Gasteiger partial charge in [0.2, 0.25) is 5.91 Å². The lowest BCUT2D eigenvalue weighted by Crippen LogP contribution is -2.14. The molecule has 0 saturated heterocycles. The van der Waals surface area contributed by atoms with Crippen molar-refractivity contribution in [3.8, 4) is 0 Å². The van der Waals surface area contributed by atoms with Crippen LogP contribution in [0.15, 0.2) is 42.0 Å². The highest BCUT2D eigenvalue weighted by Gasteiger charge is 2.08. The van der Waals surface area contributed by atoms with Gasteiger partial charge in [0.15, 0.2) is 0 Å². The maximum Gasteiger partial charge on any atom is 0.244 e. The minimum Gasteiger partial charge on any atom is -0.366 e.